The molecule has 1 saturated carbocycles. The van der Waals surface area contributed by atoms with Gasteiger partial charge in [-0.15, -0.1) is 0 Å². The average Bonchev–Trinajstić information content (AvgIpc) is 3.71. The number of rotatable bonds is 8. The first-order valence-corrected chi connectivity index (χ1v) is 12.7. The highest BCUT2D eigenvalue weighted by Crippen LogP contribution is 2.42. The zero-order valence-electron chi connectivity index (χ0n) is 19.4. The molecule has 6 nitrogen and oxygen atoms in total. The molecule has 36 heavy (non-hydrogen) atoms. The first kappa shape index (κ1) is 24.5. The first-order chi connectivity index (χ1) is 17.4. The molecule has 1 heterocycles. The molecule has 0 bridgehead atoms. The summed E-state index contributed by atoms with van der Waals surface area (Å²) in [6, 6.07) is 16.1. The van der Waals surface area contributed by atoms with Crippen molar-refractivity contribution in [1.82, 2.24) is 5.32 Å². The summed E-state index contributed by atoms with van der Waals surface area (Å²) in [4.78, 5) is 24.1. The number of hydrogen-bond donors (Lipinski definition) is 2. The van der Waals surface area contributed by atoms with Crippen molar-refractivity contribution in [2.24, 2.45) is 0 Å². The molecule has 1 aliphatic carbocycles. The van der Waals surface area contributed by atoms with Gasteiger partial charge in [0.05, 0.1) is 17.5 Å². The maximum Gasteiger partial charge on any atom is 0.311 e. The van der Waals surface area contributed by atoms with Crippen LogP contribution >= 0.6 is 23.2 Å². The molecule has 0 aromatic heterocycles. The maximum absolute atomic E-state index is 12.6. The van der Waals surface area contributed by atoms with E-state index in [4.69, 9.17) is 32.7 Å². The summed E-state index contributed by atoms with van der Waals surface area (Å²) in [5.74, 6) is 0.191. The second-order valence-electron chi connectivity index (χ2n) is 9.11. The lowest BCUT2D eigenvalue weighted by Gasteiger charge is -2.24. The van der Waals surface area contributed by atoms with Crippen LogP contribution in [-0.4, -0.2) is 30.1 Å². The highest BCUT2D eigenvalue weighted by molar-refractivity contribution is 6.32. The van der Waals surface area contributed by atoms with E-state index in [0.29, 0.717) is 60.3 Å². The fourth-order valence-electron chi connectivity index (χ4n) is 4.38. The predicted molar refractivity (Wildman–Crippen MR) is 138 cm³/mol. The average molecular weight is 526 g/mol. The van der Waals surface area contributed by atoms with Gasteiger partial charge >= 0.3 is 5.97 Å². The lowest BCUT2D eigenvalue weighted by molar-refractivity contribution is -0.139. The van der Waals surface area contributed by atoms with Crippen LogP contribution in [0.1, 0.15) is 58.1 Å². The maximum atomic E-state index is 12.6. The van der Waals surface area contributed by atoms with Gasteiger partial charge in [-0.05, 0) is 79.1 Å². The second-order valence-corrected chi connectivity index (χ2v) is 9.92. The summed E-state index contributed by atoms with van der Waals surface area (Å²) >= 11 is 12.8. The number of carboxylic acids is 1. The van der Waals surface area contributed by atoms with Crippen LogP contribution < -0.4 is 14.8 Å². The Morgan fingerprint density at radius 2 is 1.78 bits per heavy atom. The Kier molecular flexibility index (Phi) is 7.08. The molecule has 1 amide bonds. The van der Waals surface area contributed by atoms with E-state index in [2.05, 4.69) is 11.4 Å². The van der Waals surface area contributed by atoms with Crippen molar-refractivity contribution in [1.29, 1.82) is 0 Å². The molecule has 3 aromatic carbocycles. The second kappa shape index (κ2) is 10.4. The number of aliphatic carboxylic acids is 1. The molecule has 0 saturated heterocycles. The van der Waals surface area contributed by atoms with Crippen molar-refractivity contribution in [3.05, 3.63) is 86.9 Å². The van der Waals surface area contributed by atoms with Crippen LogP contribution in [0.15, 0.2) is 54.6 Å². The van der Waals surface area contributed by atoms with Gasteiger partial charge in [-0.25, -0.2) is 0 Å². The Balaban J connectivity index is 1.18. The molecule has 186 valence electrons. The number of carbonyl (C=O) groups is 2. The normalized spacial score (nSPS) is 16.6. The Labute approximate surface area is 219 Å². The predicted octanol–water partition coefficient (Wildman–Crippen LogP) is 6.59. The highest BCUT2D eigenvalue weighted by Gasteiger charge is 2.29. The number of hydrogen-bond acceptors (Lipinski definition) is 4. The summed E-state index contributed by atoms with van der Waals surface area (Å²) in [6.45, 7) is 0.786. The van der Waals surface area contributed by atoms with E-state index in [1.165, 1.54) is 18.4 Å². The Morgan fingerprint density at radius 3 is 2.47 bits per heavy atom. The zero-order chi connectivity index (χ0) is 25.2. The number of carboxylic acid groups (broad SMARTS) is 1. The van der Waals surface area contributed by atoms with Gasteiger partial charge in [0.25, 0.3) is 5.91 Å². The summed E-state index contributed by atoms with van der Waals surface area (Å²) in [5, 5.41) is 13.4. The van der Waals surface area contributed by atoms with Crippen molar-refractivity contribution in [2.75, 3.05) is 13.2 Å². The van der Waals surface area contributed by atoms with Gasteiger partial charge in [0.1, 0.15) is 17.2 Å². The molecule has 0 radical (unpaired) electrons. The molecular weight excluding hydrogens is 501 g/mol. The van der Waals surface area contributed by atoms with E-state index in [0.717, 1.165) is 10.6 Å². The largest absolute Gasteiger partial charge is 0.493 e. The fourth-order valence-corrected chi connectivity index (χ4v) is 4.87. The summed E-state index contributed by atoms with van der Waals surface area (Å²) in [7, 11) is 0. The molecule has 5 rings (SSSR count). The molecule has 2 aliphatic rings. The number of halogens is 2. The topological polar surface area (TPSA) is 84.9 Å². The smallest absolute Gasteiger partial charge is 0.311 e. The van der Waals surface area contributed by atoms with Gasteiger partial charge in [0, 0.05) is 28.8 Å². The minimum absolute atomic E-state index is 0.188. The Hall–Kier alpha value is -3.22. The SMILES string of the molecule is O=C(NCCc1ccc(C2CC2)cc1Cl)c1ccc(Oc2cc3c(cc2Cl)C(C(=O)O)CCO3)cc1. The van der Waals surface area contributed by atoms with Gasteiger partial charge in [-0.2, -0.15) is 0 Å². The Bertz CT molecular complexity index is 1300. The van der Waals surface area contributed by atoms with Crippen LogP contribution in [0, 0.1) is 0 Å². The van der Waals surface area contributed by atoms with E-state index < -0.39 is 11.9 Å². The quantitative estimate of drug-likeness (QED) is 0.346. The number of carbonyl (C=O) groups excluding carboxylic acids is 1. The van der Waals surface area contributed by atoms with E-state index >= 15 is 0 Å². The summed E-state index contributed by atoms with van der Waals surface area (Å²) in [5.41, 5.74) is 3.36. The van der Waals surface area contributed by atoms with Crippen LogP contribution in [0.4, 0.5) is 0 Å². The van der Waals surface area contributed by atoms with E-state index in [-0.39, 0.29) is 10.9 Å². The van der Waals surface area contributed by atoms with Crippen LogP contribution in [0.25, 0.3) is 0 Å². The molecule has 8 heteroatoms. The fraction of sp³-hybridized carbons (Fsp3) is 0.286. The standard InChI is InChI=1S/C28H25Cl2NO5/c29-23-13-19(16-1-2-16)4-3-17(23)9-11-31-27(32)18-5-7-20(8-6-18)36-26-15-25-22(14-24(26)30)21(28(33)34)10-12-35-25/h3-8,13-16,21H,1-2,9-12H2,(H,31,32)(H,33,34). The Morgan fingerprint density at radius 1 is 1.00 bits per heavy atom. The van der Waals surface area contributed by atoms with Gasteiger partial charge in [0.15, 0.2) is 0 Å². The van der Waals surface area contributed by atoms with Gasteiger partial charge < -0.3 is 19.9 Å². The molecular formula is C28H25Cl2NO5. The number of ether oxygens (including phenoxy) is 2. The lowest BCUT2D eigenvalue weighted by atomic mass is 9.93. The minimum atomic E-state index is -0.910. The monoisotopic (exact) mass is 525 g/mol. The first-order valence-electron chi connectivity index (χ1n) is 11.9. The summed E-state index contributed by atoms with van der Waals surface area (Å²) < 4.78 is 11.5. The highest BCUT2D eigenvalue weighted by atomic mass is 35.5. The van der Waals surface area contributed by atoms with Crippen molar-refractivity contribution in [3.8, 4) is 17.2 Å². The van der Waals surface area contributed by atoms with Gasteiger partial charge in [-0.3, -0.25) is 9.59 Å². The van der Waals surface area contributed by atoms with Gasteiger partial charge in [-0.1, -0.05) is 35.3 Å². The zero-order valence-corrected chi connectivity index (χ0v) is 20.9. The van der Waals surface area contributed by atoms with Crippen LogP contribution in [0.2, 0.25) is 10.0 Å². The van der Waals surface area contributed by atoms with Crippen LogP contribution in [0.5, 0.6) is 17.2 Å². The molecule has 2 N–H and O–H groups in total. The third kappa shape index (κ3) is 5.45. The number of nitrogens with one attached hydrogen (secondary N) is 1. The molecule has 1 fully saturated rings. The molecule has 3 aromatic rings. The van der Waals surface area contributed by atoms with E-state index in [1.54, 1.807) is 36.4 Å². The minimum Gasteiger partial charge on any atom is -0.493 e. The van der Waals surface area contributed by atoms with E-state index in [1.807, 2.05) is 12.1 Å². The van der Waals surface area contributed by atoms with Crippen molar-refractivity contribution >= 4 is 35.1 Å². The molecule has 1 atom stereocenters. The third-order valence-corrected chi connectivity index (χ3v) is 7.20. The van der Waals surface area contributed by atoms with Crippen molar-refractivity contribution in [2.45, 2.75) is 37.5 Å². The third-order valence-electron chi connectivity index (χ3n) is 6.55. The van der Waals surface area contributed by atoms with Crippen molar-refractivity contribution < 1.29 is 24.2 Å². The van der Waals surface area contributed by atoms with Crippen LogP contribution in [-0.2, 0) is 11.2 Å². The number of benzene rings is 3. The molecule has 1 aliphatic heterocycles. The molecule has 0 spiro atoms. The number of fused-ring (bicyclic) bond motifs is 1. The van der Waals surface area contributed by atoms with Crippen LogP contribution in [0.3, 0.4) is 0 Å². The van der Waals surface area contributed by atoms with Crippen molar-refractivity contribution in [3.63, 3.8) is 0 Å². The van der Waals surface area contributed by atoms with Gasteiger partial charge in [0.2, 0.25) is 0 Å². The summed E-state index contributed by atoms with van der Waals surface area (Å²) in [6.07, 6.45) is 3.51. The lowest BCUT2D eigenvalue weighted by Crippen LogP contribution is -2.25. The van der Waals surface area contributed by atoms with E-state index in [9.17, 15) is 14.7 Å². The number of amides is 1. The molecule has 1 unspecified atom stereocenters.